The molecule has 2 aromatic rings. The van der Waals surface area contributed by atoms with Crippen LogP contribution in [-0.2, 0) is 14.8 Å². The van der Waals surface area contributed by atoms with Gasteiger partial charge in [-0.2, -0.15) is 4.31 Å². The van der Waals surface area contributed by atoms with Crippen LogP contribution in [0.15, 0.2) is 64.5 Å². The Hall–Kier alpha value is -2.00. The third kappa shape index (κ3) is 6.00. The number of piperazine rings is 1. The van der Waals surface area contributed by atoms with Gasteiger partial charge in [0.25, 0.3) is 0 Å². The Morgan fingerprint density at radius 2 is 1.64 bits per heavy atom. The molecule has 0 spiro atoms. The molecule has 1 fully saturated rings. The maximum Gasteiger partial charge on any atom is 0.238 e. The Balaban J connectivity index is 1.49. The minimum Gasteiger partial charge on any atom is -0.325 e. The highest BCUT2D eigenvalue weighted by atomic mass is 79.9. The summed E-state index contributed by atoms with van der Waals surface area (Å²) in [4.78, 5) is 14.2. The van der Waals surface area contributed by atoms with Crippen molar-refractivity contribution in [2.75, 3.05) is 38.0 Å². The molecule has 28 heavy (non-hydrogen) atoms. The lowest BCUT2D eigenvalue weighted by molar-refractivity contribution is -0.117. The highest BCUT2D eigenvalue weighted by Crippen LogP contribution is 2.15. The second-order valence-electron chi connectivity index (χ2n) is 6.49. The van der Waals surface area contributed by atoms with E-state index in [1.54, 1.807) is 6.08 Å². The number of rotatable bonds is 6. The minimum absolute atomic E-state index is 0.109. The molecule has 1 amide bonds. The van der Waals surface area contributed by atoms with Crippen molar-refractivity contribution in [2.45, 2.75) is 0 Å². The van der Waals surface area contributed by atoms with Crippen LogP contribution in [0.2, 0.25) is 0 Å². The molecule has 0 aliphatic carbocycles. The molecule has 3 rings (SSSR count). The molecule has 0 aromatic heterocycles. The van der Waals surface area contributed by atoms with Crippen LogP contribution >= 0.6 is 15.9 Å². The number of carbonyl (C=O) groups is 1. The summed E-state index contributed by atoms with van der Waals surface area (Å²) >= 11 is 3.36. The summed E-state index contributed by atoms with van der Waals surface area (Å²) in [5.41, 5.74) is 1.58. The van der Waals surface area contributed by atoms with Gasteiger partial charge in [-0.25, -0.2) is 8.42 Å². The third-order valence-corrected chi connectivity index (χ3v) is 6.51. The monoisotopic (exact) mass is 463 g/mol. The number of amides is 1. The molecule has 148 valence electrons. The summed E-state index contributed by atoms with van der Waals surface area (Å²) in [5, 5.41) is 4.10. The molecule has 6 nitrogen and oxygen atoms in total. The molecule has 0 atom stereocenters. The van der Waals surface area contributed by atoms with Crippen LogP contribution in [0.5, 0.6) is 0 Å². The predicted octanol–water partition coefficient (Wildman–Crippen LogP) is 3.01. The number of carbonyl (C=O) groups excluding carboxylic acids is 1. The van der Waals surface area contributed by atoms with E-state index in [0.717, 1.165) is 15.7 Å². The van der Waals surface area contributed by atoms with E-state index in [2.05, 4.69) is 21.2 Å². The van der Waals surface area contributed by atoms with Gasteiger partial charge in [0.1, 0.15) is 0 Å². The molecule has 0 radical (unpaired) electrons. The summed E-state index contributed by atoms with van der Waals surface area (Å²) in [5.74, 6) is -0.109. The van der Waals surface area contributed by atoms with Gasteiger partial charge in [0.2, 0.25) is 15.9 Å². The highest BCUT2D eigenvalue weighted by Gasteiger charge is 2.25. The standard InChI is InChI=1S/C20H22BrN3O3S/c21-18-6-8-19(9-7-18)22-20(25)16-23-11-13-24(14-12-23)28(26,27)15-10-17-4-2-1-3-5-17/h1-10,15H,11-14,16H2,(H,22,25)/b15-10+. The Kier molecular flexibility index (Phi) is 7.01. The van der Waals surface area contributed by atoms with Crippen molar-refractivity contribution in [3.05, 3.63) is 70.0 Å². The molecule has 0 bridgehead atoms. The van der Waals surface area contributed by atoms with E-state index in [1.807, 2.05) is 59.5 Å². The number of nitrogens with zero attached hydrogens (tertiary/aromatic N) is 2. The molecule has 8 heteroatoms. The molecule has 1 N–H and O–H groups in total. The van der Waals surface area contributed by atoms with E-state index in [9.17, 15) is 13.2 Å². The van der Waals surface area contributed by atoms with Crippen molar-refractivity contribution in [3.63, 3.8) is 0 Å². The Labute approximate surface area is 174 Å². The van der Waals surface area contributed by atoms with Crippen LogP contribution < -0.4 is 5.32 Å². The number of hydrogen-bond donors (Lipinski definition) is 1. The number of hydrogen-bond acceptors (Lipinski definition) is 4. The first-order valence-electron chi connectivity index (χ1n) is 8.93. The molecular weight excluding hydrogens is 442 g/mol. The number of nitrogens with one attached hydrogen (secondary N) is 1. The summed E-state index contributed by atoms with van der Waals surface area (Å²) < 4.78 is 27.4. The maximum absolute atomic E-state index is 12.5. The van der Waals surface area contributed by atoms with E-state index in [-0.39, 0.29) is 12.5 Å². The second kappa shape index (κ2) is 9.47. The molecule has 2 aromatic carbocycles. The highest BCUT2D eigenvalue weighted by molar-refractivity contribution is 9.10. The topological polar surface area (TPSA) is 69.7 Å². The van der Waals surface area contributed by atoms with Gasteiger partial charge in [-0.1, -0.05) is 46.3 Å². The summed E-state index contributed by atoms with van der Waals surface area (Å²) in [7, 11) is -3.46. The molecule has 1 saturated heterocycles. The average molecular weight is 464 g/mol. The van der Waals surface area contributed by atoms with Gasteiger partial charge in [-0.05, 0) is 35.9 Å². The zero-order valence-electron chi connectivity index (χ0n) is 15.3. The Morgan fingerprint density at radius 3 is 2.29 bits per heavy atom. The van der Waals surface area contributed by atoms with Gasteiger partial charge in [-0.15, -0.1) is 0 Å². The normalized spacial score (nSPS) is 16.3. The van der Waals surface area contributed by atoms with E-state index in [1.165, 1.54) is 9.71 Å². The average Bonchev–Trinajstić information content (AvgIpc) is 2.69. The van der Waals surface area contributed by atoms with Gasteiger partial charge in [0.05, 0.1) is 6.54 Å². The Bertz CT molecular complexity index is 923. The summed E-state index contributed by atoms with van der Waals surface area (Å²) in [6.45, 7) is 2.02. The van der Waals surface area contributed by atoms with E-state index in [0.29, 0.717) is 26.2 Å². The van der Waals surface area contributed by atoms with Crippen LogP contribution in [0.4, 0.5) is 5.69 Å². The van der Waals surface area contributed by atoms with Gasteiger partial charge in [0.15, 0.2) is 0 Å². The lowest BCUT2D eigenvalue weighted by Gasteiger charge is -2.32. The number of benzene rings is 2. The molecule has 0 unspecified atom stereocenters. The molecule has 0 saturated carbocycles. The number of halogens is 1. The predicted molar refractivity (Wildman–Crippen MR) is 115 cm³/mol. The summed E-state index contributed by atoms with van der Waals surface area (Å²) in [6.07, 6.45) is 1.60. The van der Waals surface area contributed by atoms with Gasteiger partial charge in [0, 0.05) is 41.7 Å². The fourth-order valence-electron chi connectivity index (χ4n) is 2.89. The number of sulfonamides is 1. The SMILES string of the molecule is O=C(CN1CCN(S(=O)(=O)/C=C/c2ccccc2)CC1)Nc1ccc(Br)cc1. The van der Waals surface area contributed by atoms with Crippen molar-refractivity contribution < 1.29 is 13.2 Å². The van der Waals surface area contributed by atoms with Crippen LogP contribution in [0, 0.1) is 0 Å². The fourth-order valence-corrected chi connectivity index (χ4v) is 4.33. The van der Waals surface area contributed by atoms with E-state index in [4.69, 9.17) is 0 Å². The van der Waals surface area contributed by atoms with Crippen LogP contribution in [0.25, 0.3) is 6.08 Å². The fraction of sp³-hybridized carbons (Fsp3) is 0.250. The van der Waals surface area contributed by atoms with Crippen molar-refractivity contribution in [1.29, 1.82) is 0 Å². The minimum atomic E-state index is -3.46. The van der Waals surface area contributed by atoms with Crippen molar-refractivity contribution in [1.82, 2.24) is 9.21 Å². The first kappa shape index (κ1) is 20.7. The van der Waals surface area contributed by atoms with Crippen LogP contribution in [0.1, 0.15) is 5.56 Å². The van der Waals surface area contributed by atoms with E-state index >= 15 is 0 Å². The van der Waals surface area contributed by atoms with Crippen molar-refractivity contribution in [3.8, 4) is 0 Å². The largest absolute Gasteiger partial charge is 0.325 e. The first-order chi connectivity index (χ1) is 13.4. The smallest absolute Gasteiger partial charge is 0.238 e. The molecule has 1 aliphatic heterocycles. The Morgan fingerprint density at radius 1 is 1.00 bits per heavy atom. The third-order valence-electron chi connectivity index (χ3n) is 4.42. The van der Waals surface area contributed by atoms with Gasteiger partial charge < -0.3 is 5.32 Å². The maximum atomic E-state index is 12.5. The zero-order chi connectivity index (χ0) is 20.0. The molecule has 1 heterocycles. The van der Waals surface area contributed by atoms with Crippen molar-refractivity contribution in [2.24, 2.45) is 0 Å². The van der Waals surface area contributed by atoms with Crippen LogP contribution in [-0.4, -0.2) is 56.3 Å². The summed E-state index contributed by atoms with van der Waals surface area (Å²) in [6, 6.07) is 16.7. The van der Waals surface area contributed by atoms with Crippen LogP contribution in [0.3, 0.4) is 0 Å². The quantitative estimate of drug-likeness (QED) is 0.714. The van der Waals surface area contributed by atoms with Gasteiger partial charge in [-0.3, -0.25) is 9.69 Å². The first-order valence-corrected chi connectivity index (χ1v) is 11.2. The van der Waals surface area contributed by atoms with Crippen molar-refractivity contribution >= 4 is 43.6 Å². The lowest BCUT2D eigenvalue weighted by atomic mass is 10.2. The lowest BCUT2D eigenvalue weighted by Crippen LogP contribution is -2.49. The molecule has 1 aliphatic rings. The number of anilines is 1. The van der Waals surface area contributed by atoms with E-state index < -0.39 is 10.0 Å². The van der Waals surface area contributed by atoms with Gasteiger partial charge >= 0.3 is 0 Å². The second-order valence-corrected chi connectivity index (χ2v) is 9.22. The zero-order valence-corrected chi connectivity index (χ0v) is 17.7. The molecular formula is C20H22BrN3O3S.